The number of halogens is 1. The first-order chi connectivity index (χ1) is 15.0. The molecule has 156 valence electrons. The van der Waals surface area contributed by atoms with Crippen LogP contribution in [0.5, 0.6) is 0 Å². The molecular formula is C25H22FN3OS. The van der Waals surface area contributed by atoms with Crippen LogP contribution < -0.4 is 5.32 Å². The van der Waals surface area contributed by atoms with E-state index in [1.807, 2.05) is 50.2 Å². The first kappa shape index (κ1) is 21.0. The molecule has 0 aromatic heterocycles. The van der Waals surface area contributed by atoms with Crippen molar-refractivity contribution in [2.24, 2.45) is 9.98 Å². The molecule has 3 aromatic carbocycles. The number of hydrogen-bond acceptors (Lipinski definition) is 4. The fraction of sp³-hybridized carbons (Fsp3) is 0.160. The van der Waals surface area contributed by atoms with Crippen LogP contribution >= 0.6 is 11.8 Å². The minimum absolute atomic E-state index is 0.0875. The summed E-state index contributed by atoms with van der Waals surface area (Å²) in [7, 11) is 0. The van der Waals surface area contributed by atoms with Crippen LogP contribution in [0.3, 0.4) is 0 Å². The molecule has 1 aliphatic heterocycles. The minimum atomic E-state index is -0.287. The van der Waals surface area contributed by atoms with Crippen LogP contribution in [-0.2, 0) is 4.79 Å². The lowest BCUT2D eigenvalue weighted by Gasteiger charge is -2.09. The molecule has 0 atom stereocenters. The van der Waals surface area contributed by atoms with Crippen molar-refractivity contribution < 1.29 is 9.18 Å². The van der Waals surface area contributed by atoms with Gasteiger partial charge in [0.25, 0.3) is 0 Å². The van der Waals surface area contributed by atoms with Gasteiger partial charge in [-0.05, 0) is 66.9 Å². The summed E-state index contributed by atoms with van der Waals surface area (Å²) in [6.45, 7) is 4.01. The van der Waals surface area contributed by atoms with Gasteiger partial charge in [0.1, 0.15) is 5.82 Å². The van der Waals surface area contributed by atoms with Crippen LogP contribution in [0, 0.1) is 19.7 Å². The van der Waals surface area contributed by atoms with Gasteiger partial charge in [-0.15, -0.1) is 11.8 Å². The molecule has 0 saturated heterocycles. The molecule has 6 heteroatoms. The number of anilines is 1. The average molecular weight is 432 g/mol. The van der Waals surface area contributed by atoms with Crippen LogP contribution in [0.25, 0.3) is 0 Å². The summed E-state index contributed by atoms with van der Waals surface area (Å²) in [6.07, 6.45) is 0.474. The Morgan fingerprint density at radius 3 is 2.29 bits per heavy atom. The van der Waals surface area contributed by atoms with E-state index >= 15 is 0 Å². The van der Waals surface area contributed by atoms with Crippen LogP contribution in [0.4, 0.5) is 21.5 Å². The van der Waals surface area contributed by atoms with Crippen molar-refractivity contribution >= 4 is 45.5 Å². The Hall–Kier alpha value is -3.25. The predicted octanol–water partition coefficient (Wildman–Crippen LogP) is 6.37. The molecular weight excluding hydrogens is 409 g/mol. The second kappa shape index (κ2) is 9.27. The smallest absolute Gasteiger partial charge is 0.234 e. The minimum Gasteiger partial charge on any atom is -0.325 e. The fourth-order valence-corrected chi connectivity index (χ4v) is 4.21. The maximum Gasteiger partial charge on any atom is 0.234 e. The van der Waals surface area contributed by atoms with Crippen LogP contribution in [-0.4, -0.2) is 22.4 Å². The topological polar surface area (TPSA) is 53.8 Å². The van der Waals surface area contributed by atoms with Gasteiger partial charge in [0.15, 0.2) is 0 Å². The van der Waals surface area contributed by atoms with E-state index in [-0.39, 0.29) is 17.5 Å². The Morgan fingerprint density at radius 1 is 0.968 bits per heavy atom. The molecule has 0 saturated carbocycles. The lowest BCUT2D eigenvalue weighted by Crippen LogP contribution is -2.16. The van der Waals surface area contributed by atoms with E-state index in [0.717, 1.165) is 44.5 Å². The monoisotopic (exact) mass is 431 g/mol. The number of para-hydroxylation sites is 2. The van der Waals surface area contributed by atoms with E-state index in [2.05, 4.69) is 11.4 Å². The highest BCUT2D eigenvalue weighted by Crippen LogP contribution is 2.33. The molecule has 4 rings (SSSR count). The number of carbonyl (C=O) groups is 1. The normalized spacial score (nSPS) is 13.0. The van der Waals surface area contributed by atoms with Gasteiger partial charge in [0.05, 0.1) is 27.9 Å². The number of fused-ring (bicyclic) bond motifs is 1. The van der Waals surface area contributed by atoms with Crippen molar-refractivity contribution in [2.45, 2.75) is 20.3 Å². The highest BCUT2D eigenvalue weighted by atomic mass is 32.2. The standard InChI is InChI=1S/C25H22FN3OS/c1-16-11-17(2)13-20(12-16)27-24(30)15-31-25-14-23(18-7-9-19(26)10-8-18)28-21-5-3-4-6-22(21)29-25/h3-13H,14-15H2,1-2H3,(H,27,30). The SMILES string of the molecule is Cc1cc(C)cc(NC(=O)CSC2=Nc3ccccc3N=C(c3ccc(F)cc3)C2)c1. The molecule has 31 heavy (non-hydrogen) atoms. The Kier molecular flexibility index (Phi) is 6.28. The summed E-state index contributed by atoms with van der Waals surface area (Å²) in [4.78, 5) is 22.1. The average Bonchev–Trinajstić information content (AvgIpc) is 2.91. The van der Waals surface area contributed by atoms with Gasteiger partial charge >= 0.3 is 0 Å². The van der Waals surface area contributed by atoms with E-state index in [4.69, 9.17) is 9.98 Å². The Balaban J connectivity index is 1.52. The number of aliphatic imine (C=N–C) groups is 2. The van der Waals surface area contributed by atoms with E-state index in [1.54, 1.807) is 12.1 Å². The summed E-state index contributed by atoms with van der Waals surface area (Å²) >= 11 is 1.39. The summed E-state index contributed by atoms with van der Waals surface area (Å²) < 4.78 is 13.4. The molecule has 0 fully saturated rings. The Morgan fingerprint density at radius 2 is 1.61 bits per heavy atom. The third-order valence-corrected chi connectivity index (χ3v) is 5.73. The first-order valence-corrected chi connectivity index (χ1v) is 11.0. The lowest BCUT2D eigenvalue weighted by molar-refractivity contribution is -0.113. The van der Waals surface area contributed by atoms with E-state index in [1.165, 1.54) is 23.9 Å². The van der Waals surface area contributed by atoms with Crippen molar-refractivity contribution in [3.05, 3.63) is 89.2 Å². The molecule has 0 aliphatic carbocycles. The molecule has 4 nitrogen and oxygen atoms in total. The highest BCUT2D eigenvalue weighted by molar-refractivity contribution is 8.14. The number of aryl methyl sites for hydroxylation is 2. The second-order valence-corrected chi connectivity index (χ2v) is 8.50. The van der Waals surface area contributed by atoms with Gasteiger partial charge in [-0.3, -0.25) is 9.79 Å². The Labute approximate surface area is 185 Å². The molecule has 1 heterocycles. The van der Waals surface area contributed by atoms with Gasteiger partial charge in [0, 0.05) is 12.1 Å². The van der Waals surface area contributed by atoms with Gasteiger partial charge in [-0.2, -0.15) is 0 Å². The van der Waals surface area contributed by atoms with E-state index in [0.29, 0.717) is 6.42 Å². The number of nitrogens with one attached hydrogen (secondary N) is 1. The molecule has 1 N–H and O–H groups in total. The van der Waals surface area contributed by atoms with Crippen LogP contribution in [0.15, 0.2) is 76.7 Å². The maximum atomic E-state index is 13.4. The highest BCUT2D eigenvalue weighted by Gasteiger charge is 2.17. The molecule has 1 amide bonds. The number of amides is 1. The van der Waals surface area contributed by atoms with Gasteiger partial charge in [-0.1, -0.05) is 30.3 Å². The summed E-state index contributed by atoms with van der Waals surface area (Å²) in [5.41, 5.74) is 6.16. The quantitative estimate of drug-likeness (QED) is 0.522. The van der Waals surface area contributed by atoms with Crippen molar-refractivity contribution in [3.63, 3.8) is 0 Å². The van der Waals surface area contributed by atoms with Gasteiger partial charge in [-0.25, -0.2) is 9.38 Å². The zero-order valence-electron chi connectivity index (χ0n) is 17.4. The predicted molar refractivity (Wildman–Crippen MR) is 128 cm³/mol. The number of hydrogen-bond donors (Lipinski definition) is 1. The molecule has 3 aromatic rings. The molecule has 0 spiro atoms. The lowest BCUT2D eigenvalue weighted by atomic mass is 10.1. The largest absolute Gasteiger partial charge is 0.325 e. The van der Waals surface area contributed by atoms with Gasteiger partial charge < -0.3 is 5.32 Å². The van der Waals surface area contributed by atoms with Crippen molar-refractivity contribution in [1.82, 2.24) is 0 Å². The molecule has 0 unspecified atom stereocenters. The first-order valence-electron chi connectivity index (χ1n) is 9.97. The zero-order valence-corrected chi connectivity index (χ0v) is 18.2. The van der Waals surface area contributed by atoms with Crippen LogP contribution in [0.1, 0.15) is 23.1 Å². The van der Waals surface area contributed by atoms with Crippen molar-refractivity contribution in [3.8, 4) is 0 Å². The molecule has 0 radical (unpaired) electrons. The summed E-state index contributed by atoms with van der Waals surface area (Å²) in [5.74, 6) is -0.134. The second-order valence-electron chi connectivity index (χ2n) is 7.45. The van der Waals surface area contributed by atoms with Crippen LogP contribution in [0.2, 0.25) is 0 Å². The van der Waals surface area contributed by atoms with Crippen molar-refractivity contribution in [2.75, 3.05) is 11.1 Å². The van der Waals surface area contributed by atoms with Gasteiger partial charge in [0.2, 0.25) is 5.91 Å². The molecule has 0 bridgehead atoms. The third-order valence-electron chi connectivity index (χ3n) is 4.75. The summed E-state index contributed by atoms with van der Waals surface area (Å²) in [5, 5.41) is 3.76. The Bertz CT molecular complexity index is 1170. The number of thioether (sulfide) groups is 1. The zero-order chi connectivity index (χ0) is 21.8. The summed E-state index contributed by atoms with van der Waals surface area (Å²) in [6, 6.07) is 19.9. The third kappa shape index (κ3) is 5.47. The van der Waals surface area contributed by atoms with Crippen molar-refractivity contribution in [1.29, 1.82) is 0 Å². The fourth-order valence-electron chi connectivity index (χ4n) is 3.44. The molecule has 1 aliphatic rings. The number of rotatable bonds is 4. The number of carbonyl (C=O) groups excluding carboxylic acids is 1. The number of benzene rings is 3. The van der Waals surface area contributed by atoms with E-state index < -0.39 is 0 Å². The van der Waals surface area contributed by atoms with E-state index in [9.17, 15) is 9.18 Å². The maximum absolute atomic E-state index is 13.4. The number of nitrogens with zero attached hydrogens (tertiary/aromatic N) is 2.